The van der Waals surface area contributed by atoms with Gasteiger partial charge in [0, 0.05) is 31.9 Å². The van der Waals surface area contributed by atoms with Crippen LogP contribution in [0.5, 0.6) is 5.75 Å². The second-order valence-corrected chi connectivity index (χ2v) is 10.3. The molecule has 0 unspecified atom stereocenters. The second kappa shape index (κ2) is 12.2. The number of likely N-dealkylation sites (tertiary alicyclic amines) is 1. The SMILES string of the molecule is COc1cccc(-c2ccc(CN(C(=O)c3ccc(C)cn3)C3CCN(CCC(C)C)CC3)cc2)c1. The van der Waals surface area contributed by atoms with E-state index in [0.717, 1.165) is 60.5 Å². The minimum absolute atomic E-state index is 0.0208. The van der Waals surface area contributed by atoms with E-state index in [4.69, 9.17) is 4.74 Å². The van der Waals surface area contributed by atoms with Gasteiger partial charge in [0.2, 0.25) is 0 Å². The zero-order chi connectivity index (χ0) is 25.5. The number of methoxy groups -OCH3 is 1. The molecule has 1 amide bonds. The Balaban J connectivity index is 1.50. The summed E-state index contributed by atoms with van der Waals surface area (Å²) in [4.78, 5) is 22.7. The molecule has 36 heavy (non-hydrogen) atoms. The van der Waals surface area contributed by atoms with Crippen LogP contribution in [0.4, 0.5) is 0 Å². The molecule has 1 aliphatic rings. The van der Waals surface area contributed by atoms with E-state index in [0.29, 0.717) is 18.2 Å². The number of pyridine rings is 1. The van der Waals surface area contributed by atoms with E-state index in [-0.39, 0.29) is 11.9 Å². The number of hydrogen-bond acceptors (Lipinski definition) is 4. The van der Waals surface area contributed by atoms with Crippen LogP contribution in [0.3, 0.4) is 0 Å². The summed E-state index contributed by atoms with van der Waals surface area (Å²) in [6.07, 6.45) is 5.00. The van der Waals surface area contributed by atoms with Crippen molar-refractivity contribution in [2.75, 3.05) is 26.7 Å². The van der Waals surface area contributed by atoms with E-state index in [9.17, 15) is 4.79 Å². The molecule has 5 nitrogen and oxygen atoms in total. The maximum atomic E-state index is 13.7. The number of amides is 1. The van der Waals surface area contributed by atoms with Crippen LogP contribution in [0.25, 0.3) is 11.1 Å². The first-order valence-electron chi connectivity index (χ1n) is 13.1. The number of nitrogens with zero attached hydrogens (tertiary/aromatic N) is 3. The van der Waals surface area contributed by atoms with E-state index in [1.807, 2.05) is 37.3 Å². The third-order valence-corrected chi connectivity index (χ3v) is 7.12. The number of carbonyl (C=O) groups is 1. The van der Waals surface area contributed by atoms with Crippen LogP contribution < -0.4 is 4.74 Å². The van der Waals surface area contributed by atoms with E-state index >= 15 is 0 Å². The number of hydrogen-bond donors (Lipinski definition) is 0. The van der Waals surface area contributed by atoms with Crippen molar-refractivity contribution in [3.05, 3.63) is 83.7 Å². The Labute approximate surface area is 216 Å². The number of benzene rings is 2. The molecule has 0 N–H and O–H groups in total. The molecule has 1 aromatic heterocycles. The van der Waals surface area contributed by atoms with Gasteiger partial charge in [0.05, 0.1) is 7.11 Å². The van der Waals surface area contributed by atoms with Gasteiger partial charge in [-0.05, 0) is 79.1 Å². The molecule has 1 aliphatic heterocycles. The van der Waals surface area contributed by atoms with Gasteiger partial charge in [0.25, 0.3) is 5.91 Å². The van der Waals surface area contributed by atoms with Crippen molar-refractivity contribution in [2.45, 2.75) is 52.6 Å². The van der Waals surface area contributed by atoms with Crippen LogP contribution in [-0.4, -0.2) is 53.5 Å². The Bertz CT molecular complexity index is 1120. The third kappa shape index (κ3) is 6.73. The highest BCUT2D eigenvalue weighted by molar-refractivity contribution is 5.92. The van der Waals surface area contributed by atoms with Gasteiger partial charge < -0.3 is 14.5 Å². The summed E-state index contributed by atoms with van der Waals surface area (Å²) >= 11 is 0. The molecule has 0 atom stereocenters. The third-order valence-electron chi connectivity index (χ3n) is 7.12. The molecular weight excluding hydrogens is 446 g/mol. The first-order chi connectivity index (χ1) is 17.4. The fraction of sp³-hybridized carbons (Fsp3) is 0.419. The Kier molecular flexibility index (Phi) is 8.76. The average molecular weight is 486 g/mol. The summed E-state index contributed by atoms with van der Waals surface area (Å²) in [6.45, 7) is 10.4. The van der Waals surface area contributed by atoms with Crippen molar-refractivity contribution in [1.82, 2.24) is 14.8 Å². The van der Waals surface area contributed by atoms with Crippen molar-refractivity contribution in [2.24, 2.45) is 5.92 Å². The minimum atomic E-state index is 0.0208. The number of ether oxygens (including phenoxy) is 1. The molecule has 190 valence electrons. The Morgan fingerprint density at radius 1 is 1.06 bits per heavy atom. The van der Waals surface area contributed by atoms with Crippen LogP contribution in [0.15, 0.2) is 66.9 Å². The van der Waals surface area contributed by atoms with Crippen LogP contribution in [0.1, 0.15) is 54.7 Å². The van der Waals surface area contributed by atoms with Gasteiger partial charge in [-0.3, -0.25) is 9.78 Å². The van der Waals surface area contributed by atoms with Crippen molar-refractivity contribution in [1.29, 1.82) is 0 Å². The summed E-state index contributed by atoms with van der Waals surface area (Å²) in [7, 11) is 1.69. The molecule has 2 heterocycles. The topological polar surface area (TPSA) is 45.7 Å². The van der Waals surface area contributed by atoms with Gasteiger partial charge in [-0.2, -0.15) is 0 Å². The van der Waals surface area contributed by atoms with E-state index < -0.39 is 0 Å². The lowest BCUT2D eigenvalue weighted by atomic mass is 9.99. The Morgan fingerprint density at radius 2 is 1.81 bits per heavy atom. The molecule has 3 aromatic rings. The molecule has 1 saturated heterocycles. The molecule has 0 spiro atoms. The quantitative estimate of drug-likeness (QED) is 0.361. The molecule has 5 heteroatoms. The van der Waals surface area contributed by atoms with Crippen LogP contribution in [0.2, 0.25) is 0 Å². The highest BCUT2D eigenvalue weighted by Crippen LogP contribution is 2.26. The summed E-state index contributed by atoms with van der Waals surface area (Å²) < 4.78 is 5.38. The number of carbonyl (C=O) groups excluding carboxylic acids is 1. The lowest BCUT2D eigenvalue weighted by Crippen LogP contribution is -2.47. The number of piperidine rings is 1. The van der Waals surface area contributed by atoms with Gasteiger partial charge in [-0.25, -0.2) is 0 Å². The Hall–Kier alpha value is -3.18. The van der Waals surface area contributed by atoms with Crippen LogP contribution in [-0.2, 0) is 6.54 Å². The van der Waals surface area contributed by atoms with Crippen LogP contribution in [0, 0.1) is 12.8 Å². The Morgan fingerprint density at radius 3 is 2.44 bits per heavy atom. The number of aromatic nitrogens is 1. The predicted molar refractivity (Wildman–Crippen MR) is 146 cm³/mol. The monoisotopic (exact) mass is 485 g/mol. The highest BCUT2D eigenvalue weighted by atomic mass is 16.5. The zero-order valence-electron chi connectivity index (χ0n) is 22.1. The summed E-state index contributed by atoms with van der Waals surface area (Å²) in [5, 5.41) is 0. The van der Waals surface area contributed by atoms with Gasteiger partial charge in [0.15, 0.2) is 0 Å². The maximum Gasteiger partial charge on any atom is 0.272 e. The highest BCUT2D eigenvalue weighted by Gasteiger charge is 2.29. The van der Waals surface area contributed by atoms with E-state index in [2.05, 4.69) is 59.0 Å². The van der Waals surface area contributed by atoms with Gasteiger partial charge in [-0.1, -0.05) is 56.3 Å². The maximum absolute atomic E-state index is 13.7. The summed E-state index contributed by atoms with van der Waals surface area (Å²) in [5.74, 6) is 1.58. The lowest BCUT2D eigenvalue weighted by Gasteiger charge is -2.38. The van der Waals surface area contributed by atoms with Crippen molar-refractivity contribution in [3.63, 3.8) is 0 Å². The normalized spacial score (nSPS) is 14.7. The fourth-order valence-electron chi connectivity index (χ4n) is 4.81. The second-order valence-electron chi connectivity index (χ2n) is 10.3. The smallest absolute Gasteiger partial charge is 0.272 e. The molecule has 0 aliphatic carbocycles. The first-order valence-corrected chi connectivity index (χ1v) is 13.1. The molecule has 4 rings (SSSR count). The molecule has 0 bridgehead atoms. The van der Waals surface area contributed by atoms with Gasteiger partial charge in [0.1, 0.15) is 11.4 Å². The van der Waals surface area contributed by atoms with Crippen molar-refractivity contribution < 1.29 is 9.53 Å². The van der Waals surface area contributed by atoms with Crippen molar-refractivity contribution in [3.8, 4) is 16.9 Å². The first kappa shape index (κ1) is 25.9. The van der Waals surface area contributed by atoms with Crippen molar-refractivity contribution >= 4 is 5.91 Å². The van der Waals surface area contributed by atoms with Crippen LogP contribution >= 0.6 is 0 Å². The van der Waals surface area contributed by atoms with Gasteiger partial charge in [-0.15, -0.1) is 0 Å². The molecular formula is C31H39N3O2. The van der Waals surface area contributed by atoms with Gasteiger partial charge >= 0.3 is 0 Å². The van der Waals surface area contributed by atoms with E-state index in [1.54, 1.807) is 13.3 Å². The fourth-order valence-corrected chi connectivity index (χ4v) is 4.81. The number of rotatable bonds is 9. The molecule has 0 radical (unpaired) electrons. The lowest BCUT2D eigenvalue weighted by molar-refractivity contribution is 0.0540. The standard InChI is InChI=1S/C31H39N3O2/c1-23(2)14-17-33-18-15-28(16-19-33)34(31(35)30-13-8-24(3)21-32-30)22-25-9-11-26(12-10-25)27-6-5-7-29(20-27)36-4/h5-13,20-21,23,28H,14-19,22H2,1-4H3. The average Bonchev–Trinajstić information content (AvgIpc) is 2.91. The number of aryl methyl sites for hydroxylation is 1. The predicted octanol–water partition coefficient (Wildman–Crippen LogP) is 6.22. The summed E-state index contributed by atoms with van der Waals surface area (Å²) in [5.41, 5.74) is 4.96. The zero-order valence-corrected chi connectivity index (χ0v) is 22.1. The summed E-state index contributed by atoms with van der Waals surface area (Å²) in [6, 6.07) is 20.7. The minimum Gasteiger partial charge on any atom is -0.497 e. The molecule has 1 fully saturated rings. The molecule has 0 saturated carbocycles. The molecule has 2 aromatic carbocycles. The largest absolute Gasteiger partial charge is 0.497 e. The van der Waals surface area contributed by atoms with E-state index in [1.165, 1.54) is 6.42 Å².